The molecule has 17 heavy (non-hydrogen) atoms. The first kappa shape index (κ1) is 12.8. The van der Waals surface area contributed by atoms with Crippen LogP contribution in [0.2, 0.25) is 0 Å². The normalized spacial score (nSPS) is 27.3. The molecular weight excluding hydrogens is 218 g/mol. The van der Waals surface area contributed by atoms with Crippen LogP contribution < -0.4 is 5.73 Å². The van der Waals surface area contributed by atoms with Crippen molar-refractivity contribution in [1.82, 2.24) is 9.80 Å². The summed E-state index contributed by atoms with van der Waals surface area (Å²) in [5.74, 6) is 0.205. The maximum absolute atomic E-state index is 12.1. The fourth-order valence-corrected chi connectivity index (χ4v) is 2.45. The van der Waals surface area contributed by atoms with Gasteiger partial charge in [-0.3, -0.25) is 9.69 Å². The summed E-state index contributed by atoms with van der Waals surface area (Å²) in [4.78, 5) is 16.1. The van der Waals surface area contributed by atoms with Crippen LogP contribution in [-0.4, -0.2) is 67.7 Å². The molecule has 2 aliphatic heterocycles. The Kier molecular flexibility index (Phi) is 4.36. The summed E-state index contributed by atoms with van der Waals surface area (Å²) in [6, 6.07) is 0.594. The molecule has 2 aliphatic rings. The van der Waals surface area contributed by atoms with E-state index in [0.717, 1.165) is 39.0 Å². The number of carbonyl (C=O) groups is 1. The number of hydrogen-bond donors (Lipinski definition) is 1. The van der Waals surface area contributed by atoms with Crippen LogP contribution in [0.1, 0.15) is 19.3 Å². The molecule has 1 unspecified atom stereocenters. The van der Waals surface area contributed by atoms with Gasteiger partial charge in [0.25, 0.3) is 0 Å². The summed E-state index contributed by atoms with van der Waals surface area (Å²) < 4.78 is 5.31. The fraction of sp³-hybridized carbons (Fsp3) is 0.917. The number of nitrogens with zero attached hydrogens (tertiary/aromatic N) is 2. The van der Waals surface area contributed by atoms with Crippen molar-refractivity contribution >= 4 is 5.91 Å². The number of amides is 1. The standard InChI is InChI=1S/C12H23N3O2/c1-14(11-4-7-17-9-11)12(16)8-15-5-2-10(13)3-6-15/h10-11H,2-9,13H2,1H3. The molecule has 0 aromatic heterocycles. The molecule has 0 spiro atoms. The van der Waals surface area contributed by atoms with E-state index in [-0.39, 0.29) is 11.9 Å². The molecule has 5 nitrogen and oxygen atoms in total. The van der Waals surface area contributed by atoms with E-state index in [1.165, 1.54) is 0 Å². The van der Waals surface area contributed by atoms with Crippen LogP contribution in [0.5, 0.6) is 0 Å². The van der Waals surface area contributed by atoms with Gasteiger partial charge in [0.1, 0.15) is 0 Å². The number of piperidine rings is 1. The number of likely N-dealkylation sites (tertiary alicyclic amines) is 1. The second-order valence-electron chi connectivity index (χ2n) is 5.14. The van der Waals surface area contributed by atoms with Crippen LogP contribution in [0.25, 0.3) is 0 Å². The van der Waals surface area contributed by atoms with Gasteiger partial charge in [0, 0.05) is 32.8 Å². The molecule has 0 saturated carbocycles. The molecule has 0 aromatic rings. The van der Waals surface area contributed by atoms with E-state index in [1.54, 1.807) is 0 Å². The molecule has 0 radical (unpaired) electrons. The van der Waals surface area contributed by atoms with Gasteiger partial charge in [0.15, 0.2) is 0 Å². The van der Waals surface area contributed by atoms with Crippen LogP contribution in [0, 0.1) is 0 Å². The van der Waals surface area contributed by atoms with Crippen molar-refractivity contribution in [2.45, 2.75) is 31.3 Å². The number of rotatable bonds is 3. The lowest BCUT2D eigenvalue weighted by Gasteiger charge is -2.32. The average molecular weight is 241 g/mol. The smallest absolute Gasteiger partial charge is 0.236 e. The van der Waals surface area contributed by atoms with Gasteiger partial charge >= 0.3 is 0 Å². The van der Waals surface area contributed by atoms with Crippen molar-refractivity contribution in [3.63, 3.8) is 0 Å². The summed E-state index contributed by atoms with van der Waals surface area (Å²) in [5, 5.41) is 0. The van der Waals surface area contributed by atoms with Crippen LogP contribution in [0.15, 0.2) is 0 Å². The van der Waals surface area contributed by atoms with Gasteiger partial charge in [-0.25, -0.2) is 0 Å². The first-order valence-electron chi connectivity index (χ1n) is 6.48. The first-order valence-corrected chi connectivity index (χ1v) is 6.48. The minimum atomic E-state index is 0.205. The number of likely N-dealkylation sites (N-methyl/N-ethyl adjacent to an activating group) is 1. The molecule has 0 aromatic carbocycles. The van der Waals surface area contributed by atoms with Crippen LogP contribution >= 0.6 is 0 Å². The van der Waals surface area contributed by atoms with Gasteiger partial charge < -0.3 is 15.4 Å². The lowest BCUT2D eigenvalue weighted by atomic mass is 10.1. The highest BCUT2D eigenvalue weighted by molar-refractivity contribution is 5.78. The van der Waals surface area contributed by atoms with Crippen molar-refractivity contribution in [1.29, 1.82) is 0 Å². The Morgan fingerprint density at radius 3 is 2.71 bits per heavy atom. The first-order chi connectivity index (χ1) is 8.16. The molecule has 2 saturated heterocycles. The summed E-state index contributed by atoms with van der Waals surface area (Å²) in [5.41, 5.74) is 5.85. The van der Waals surface area contributed by atoms with Gasteiger partial charge in [-0.15, -0.1) is 0 Å². The maximum Gasteiger partial charge on any atom is 0.236 e. The SMILES string of the molecule is CN(C(=O)CN1CCC(N)CC1)C1CCOC1. The molecule has 1 atom stereocenters. The zero-order valence-corrected chi connectivity index (χ0v) is 10.6. The lowest BCUT2D eigenvalue weighted by Crippen LogP contribution is -2.47. The van der Waals surface area contributed by atoms with Gasteiger partial charge in [-0.05, 0) is 19.3 Å². The lowest BCUT2D eigenvalue weighted by molar-refractivity contribution is -0.133. The van der Waals surface area contributed by atoms with Crippen molar-refractivity contribution in [2.75, 3.05) is 39.9 Å². The number of carbonyl (C=O) groups excluding carboxylic acids is 1. The predicted octanol–water partition coefficient (Wildman–Crippen LogP) is -0.343. The predicted molar refractivity (Wildman–Crippen MR) is 65.6 cm³/mol. The van der Waals surface area contributed by atoms with E-state index in [9.17, 15) is 4.79 Å². The minimum absolute atomic E-state index is 0.205. The number of nitrogens with two attached hydrogens (primary N) is 1. The average Bonchev–Trinajstić information content (AvgIpc) is 2.84. The zero-order valence-electron chi connectivity index (χ0n) is 10.6. The van der Waals surface area contributed by atoms with E-state index in [4.69, 9.17) is 10.5 Å². The summed E-state index contributed by atoms with van der Waals surface area (Å²) >= 11 is 0. The van der Waals surface area contributed by atoms with Crippen LogP contribution in [0.4, 0.5) is 0 Å². The topological polar surface area (TPSA) is 58.8 Å². The van der Waals surface area contributed by atoms with E-state index >= 15 is 0 Å². The second-order valence-corrected chi connectivity index (χ2v) is 5.14. The Balaban J connectivity index is 1.76. The molecule has 2 heterocycles. The molecule has 5 heteroatoms. The van der Waals surface area contributed by atoms with E-state index < -0.39 is 0 Å². The van der Waals surface area contributed by atoms with Crippen LogP contribution in [-0.2, 0) is 9.53 Å². The molecule has 98 valence electrons. The molecule has 2 fully saturated rings. The van der Waals surface area contributed by atoms with Crippen molar-refractivity contribution in [3.8, 4) is 0 Å². The summed E-state index contributed by atoms with van der Waals surface area (Å²) in [7, 11) is 1.89. The largest absolute Gasteiger partial charge is 0.379 e. The second kappa shape index (κ2) is 5.80. The van der Waals surface area contributed by atoms with Crippen molar-refractivity contribution in [3.05, 3.63) is 0 Å². The zero-order chi connectivity index (χ0) is 12.3. The molecule has 0 aliphatic carbocycles. The van der Waals surface area contributed by atoms with Crippen LogP contribution in [0.3, 0.4) is 0 Å². The fourth-order valence-electron chi connectivity index (χ4n) is 2.45. The highest BCUT2D eigenvalue weighted by Gasteiger charge is 2.26. The highest BCUT2D eigenvalue weighted by Crippen LogP contribution is 2.12. The Bertz CT molecular complexity index is 258. The van der Waals surface area contributed by atoms with Gasteiger partial charge in [0.2, 0.25) is 5.91 Å². The monoisotopic (exact) mass is 241 g/mol. The Labute approximate surface area is 103 Å². The Morgan fingerprint density at radius 2 is 2.12 bits per heavy atom. The third kappa shape index (κ3) is 3.40. The molecule has 2 rings (SSSR count). The van der Waals surface area contributed by atoms with Gasteiger partial charge in [-0.2, -0.15) is 0 Å². The van der Waals surface area contributed by atoms with E-state index in [1.807, 2.05) is 11.9 Å². The molecule has 2 N–H and O–H groups in total. The number of ether oxygens (including phenoxy) is 1. The van der Waals surface area contributed by atoms with Crippen molar-refractivity contribution < 1.29 is 9.53 Å². The van der Waals surface area contributed by atoms with Gasteiger partial charge in [0.05, 0.1) is 19.2 Å². The third-order valence-corrected chi connectivity index (χ3v) is 3.84. The summed E-state index contributed by atoms with van der Waals surface area (Å²) in [6.07, 6.45) is 2.97. The Morgan fingerprint density at radius 1 is 1.41 bits per heavy atom. The number of hydrogen-bond acceptors (Lipinski definition) is 4. The van der Waals surface area contributed by atoms with E-state index in [2.05, 4.69) is 4.90 Å². The molecular formula is C12H23N3O2. The summed E-state index contributed by atoms with van der Waals surface area (Å²) in [6.45, 7) is 3.89. The third-order valence-electron chi connectivity index (χ3n) is 3.84. The highest BCUT2D eigenvalue weighted by atomic mass is 16.5. The molecule has 0 bridgehead atoms. The quantitative estimate of drug-likeness (QED) is 0.734. The van der Waals surface area contributed by atoms with Crippen molar-refractivity contribution in [2.24, 2.45) is 5.73 Å². The van der Waals surface area contributed by atoms with Gasteiger partial charge in [-0.1, -0.05) is 0 Å². The van der Waals surface area contributed by atoms with E-state index in [0.29, 0.717) is 19.2 Å². The Hall–Kier alpha value is -0.650. The minimum Gasteiger partial charge on any atom is -0.379 e. The molecule has 1 amide bonds. The maximum atomic E-state index is 12.1.